The van der Waals surface area contributed by atoms with Gasteiger partial charge in [0.25, 0.3) is 0 Å². The molecule has 0 saturated carbocycles. The Morgan fingerprint density at radius 3 is 2.24 bits per heavy atom. The van der Waals surface area contributed by atoms with Crippen LogP contribution in [0.3, 0.4) is 0 Å². The van der Waals surface area contributed by atoms with E-state index in [4.69, 9.17) is 5.73 Å². The Hall–Kier alpha value is -2.73. The van der Waals surface area contributed by atoms with Crippen LogP contribution in [0.2, 0.25) is 0 Å². The molecule has 5 nitrogen and oxygen atoms in total. The number of rotatable bonds is 4. The van der Waals surface area contributed by atoms with Crippen LogP contribution in [0, 0.1) is 5.82 Å². The van der Waals surface area contributed by atoms with Crippen LogP contribution in [-0.2, 0) is 10.2 Å². The normalized spacial score (nSPS) is 12.5. The Morgan fingerprint density at radius 2 is 1.72 bits per heavy atom. The van der Waals surface area contributed by atoms with Gasteiger partial charge in [-0.1, -0.05) is 51.1 Å². The number of hydrogen-bond donors (Lipinski definition) is 3. The van der Waals surface area contributed by atoms with Crippen molar-refractivity contribution in [2.75, 3.05) is 5.32 Å². The highest BCUT2D eigenvalue weighted by Crippen LogP contribution is 2.33. The van der Waals surface area contributed by atoms with E-state index < -0.39 is 29.2 Å². The molecule has 0 aliphatic heterocycles. The molecule has 0 aliphatic carbocycles. The summed E-state index contributed by atoms with van der Waals surface area (Å²) < 4.78 is 14.9. The first kappa shape index (κ1) is 18.6. The highest BCUT2D eigenvalue weighted by molar-refractivity contribution is 5.97. The lowest BCUT2D eigenvalue weighted by molar-refractivity contribution is -0.117. The maximum absolute atomic E-state index is 14.9. The van der Waals surface area contributed by atoms with E-state index in [1.807, 2.05) is 0 Å². The van der Waals surface area contributed by atoms with Gasteiger partial charge in [0.05, 0.1) is 11.3 Å². The third-order valence-corrected chi connectivity index (χ3v) is 3.82. The molecule has 0 heterocycles. The molecule has 2 aromatic rings. The van der Waals surface area contributed by atoms with Crippen LogP contribution in [0.5, 0.6) is 0 Å². The molecule has 1 unspecified atom stereocenters. The van der Waals surface area contributed by atoms with Crippen molar-refractivity contribution in [1.29, 1.82) is 0 Å². The largest absolute Gasteiger partial charge is 0.478 e. The molecular formula is C19H21FN2O3. The van der Waals surface area contributed by atoms with E-state index in [9.17, 15) is 19.1 Å². The summed E-state index contributed by atoms with van der Waals surface area (Å²) in [5, 5.41) is 11.7. The van der Waals surface area contributed by atoms with E-state index in [2.05, 4.69) is 5.32 Å². The van der Waals surface area contributed by atoms with Gasteiger partial charge in [-0.2, -0.15) is 0 Å². The number of carboxylic acids is 1. The van der Waals surface area contributed by atoms with Gasteiger partial charge < -0.3 is 16.2 Å². The van der Waals surface area contributed by atoms with Crippen molar-refractivity contribution >= 4 is 17.6 Å². The molecule has 0 fully saturated rings. The second-order valence-corrected chi connectivity index (χ2v) is 6.78. The topological polar surface area (TPSA) is 92.4 Å². The van der Waals surface area contributed by atoms with E-state index in [0.29, 0.717) is 5.56 Å². The number of carboxylic acid groups (broad SMARTS) is 1. The summed E-state index contributed by atoms with van der Waals surface area (Å²) in [5.41, 5.74) is 5.57. The summed E-state index contributed by atoms with van der Waals surface area (Å²) in [5.74, 6) is -2.56. The van der Waals surface area contributed by atoms with E-state index >= 15 is 0 Å². The Bertz CT molecular complexity index is 798. The average molecular weight is 344 g/mol. The molecular weight excluding hydrogens is 323 g/mol. The van der Waals surface area contributed by atoms with Crippen LogP contribution < -0.4 is 11.1 Å². The molecule has 132 valence electrons. The number of nitrogens with one attached hydrogen (secondary N) is 1. The second-order valence-electron chi connectivity index (χ2n) is 6.78. The molecule has 2 rings (SSSR count). The van der Waals surface area contributed by atoms with Crippen molar-refractivity contribution in [3.05, 3.63) is 65.0 Å². The summed E-state index contributed by atoms with van der Waals surface area (Å²) in [4.78, 5) is 23.7. The fourth-order valence-corrected chi connectivity index (χ4v) is 2.61. The van der Waals surface area contributed by atoms with Gasteiger partial charge in [-0.3, -0.25) is 4.79 Å². The van der Waals surface area contributed by atoms with Gasteiger partial charge in [-0.25, -0.2) is 9.18 Å². The molecule has 2 aromatic carbocycles. The van der Waals surface area contributed by atoms with Crippen molar-refractivity contribution in [2.24, 2.45) is 5.73 Å². The molecule has 1 amide bonds. The maximum Gasteiger partial charge on any atom is 0.336 e. The van der Waals surface area contributed by atoms with Gasteiger partial charge >= 0.3 is 5.97 Å². The van der Waals surface area contributed by atoms with E-state index in [1.165, 1.54) is 12.1 Å². The minimum absolute atomic E-state index is 0.0334. The van der Waals surface area contributed by atoms with Gasteiger partial charge in [0.15, 0.2) is 5.82 Å². The Labute approximate surface area is 145 Å². The Balaban J connectivity index is 2.37. The predicted molar refractivity (Wildman–Crippen MR) is 94.1 cm³/mol. The fraction of sp³-hybridized carbons (Fsp3) is 0.263. The molecule has 25 heavy (non-hydrogen) atoms. The SMILES string of the molecule is CC(C)(C)c1c(C(=O)O)ccc(NC(=O)C(N)c2ccccc2)c1F. The smallest absolute Gasteiger partial charge is 0.336 e. The summed E-state index contributed by atoms with van der Waals surface area (Å²) >= 11 is 0. The molecule has 0 radical (unpaired) electrons. The molecule has 0 saturated heterocycles. The van der Waals surface area contributed by atoms with Crippen LogP contribution >= 0.6 is 0 Å². The lowest BCUT2D eigenvalue weighted by Gasteiger charge is -2.24. The van der Waals surface area contributed by atoms with Gasteiger partial charge in [0.1, 0.15) is 6.04 Å². The Kier molecular flexibility index (Phi) is 5.23. The number of anilines is 1. The zero-order chi connectivity index (χ0) is 18.8. The summed E-state index contributed by atoms with van der Waals surface area (Å²) in [7, 11) is 0. The summed E-state index contributed by atoms with van der Waals surface area (Å²) in [6.07, 6.45) is 0. The fourth-order valence-electron chi connectivity index (χ4n) is 2.61. The molecule has 0 aliphatic rings. The molecule has 6 heteroatoms. The highest BCUT2D eigenvalue weighted by atomic mass is 19.1. The number of halogens is 1. The zero-order valence-electron chi connectivity index (χ0n) is 14.3. The van der Waals surface area contributed by atoms with E-state index in [1.54, 1.807) is 51.1 Å². The van der Waals surface area contributed by atoms with Crippen molar-refractivity contribution in [3.63, 3.8) is 0 Å². The first-order valence-corrected chi connectivity index (χ1v) is 7.80. The van der Waals surface area contributed by atoms with E-state index in [-0.39, 0.29) is 16.8 Å². The zero-order valence-corrected chi connectivity index (χ0v) is 14.3. The number of aromatic carboxylic acids is 1. The third kappa shape index (κ3) is 4.03. The lowest BCUT2D eigenvalue weighted by Crippen LogP contribution is -2.29. The van der Waals surface area contributed by atoms with Crippen LogP contribution in [0.4, 0.5) is 10.1 Å². The molecule has 0 aromatic heterocycles. The minimum Gasteiger partial charge on any atom is -0.478 e. The standard InChI is InChI=1S/C19H21FN2O3/c1-19(2,3)14-12(18(24)25)9-10-13(15(14)20)22-17(23)16(21)11-7-5-4-6-8-11/h4-10,16H,21H2,1-3H3,(H,22,23)(H,24,25). The first-order chi connectivity index (χ1) is 11.6. The van der Waals surface area contributed by atoms with Crippen LogP contribution in [0.15, 0.2) is 42.5 Å². The minimum atomic E-state index is -1.22. The van der Waals surface area contributed by atoms with E-state index in [0.717, 1.165) is 0 Å². The lowest BCUT2D eigenvalue weighted by atomic mass is 9.83. The summed E-state index contributed by atoms with van der Waals surface area (Å²) in [6, 6.07) is 10.3. The van der Waals surface area contributed by atoms with Crippen molar-refractivity contribution in [2.45, 2.75) is 32.2 Å². The number of hydrogen-bond acceptors (Lipinski definition) is 3. The highest BCUT2D eigenvalue weighted by Gasteiger charge is 2.28. The number of nitrogens with two attached hydrogens (primary N) is 1. The Morgan fingerprint density at radius 1 is 1.12 bits per heavy atom. The monoisotopic (exact) mass is 344 g/mol. The molecule has 0 spiro atoms. The van der Waals surface area contributed by atoms with Crippen LogP contribution in [0.25, 0.3) is 0 Å². The van der Waals surface area contributed by atoms with Gasteiger partial charge in [0.2, 0.25) is 5.91 Å². The first-order valence-electron chi connectivity index (χ1n) is 7.80. The third-order valence-electron chi connectivity index (χ3n) is 3.82. The van der Waals surface area contributed by atoms with Gasteiger partial charge in [0, 0.05) is 5.56 Å². The van der Waals surface area contributed by atoms with Gasteiger partial charge in [-0.05, 0) is 23.1 Å². The van der Waals surface area contributed by atoms with Gasteiger partial charge in [-0.15, -0.1) is 0 Å². The van der Waals surface area contributed by atoms with Crippen LogP contribution in [0.1, 0.15) is 48.3 Å². The number of carbonyl (C=O) groups is 2. The molecule has 4 N–H and O–H groups in total. The second kappa shape index (κ2) is 7.03. The average Bonchev–Trinajstić information content (AvgIpc) is 2.55. The molecule has 0 bridgehead atoms. The van der Waals surface area contributed by atoms with Crippen molar-refractivity contribution in [1.82, 2.24) is 0 Å². The number of amides is 1. The van der Waals surface area contributed by atoms with Crippen LogP contribution in [-0.4, -0.2) is 17.0 Å². The number of carbonyl (C=O) groups excluding carboxylic acids is 1. The predicted octanol–water partition coefficient (Wildman–Crippen LogP) is 3.46. The quantitative estimate of drug-likeness (QED) is 0.792. The maximum atomic E-state index is 14.9. The van der Waals surface area contributed by atoms with Crippen molar-refractivity contribution < 1.29 is 19.1 Å². The summed E-state index contributed by atoms with van der Waals surface area (Å²) in [6.45, 7) is 5.12. The number of benzene rings is 2. The van der Waals surface area contributed by atoms with Crippen molar-refractivity contribution in [3.8, 4) is 0 Å². The molecule has 1 atom stereocenters.